The maximum Gasteiger partial charge on any atom is 0.255 e. The van der Waals surface area contributed by atoms with Gasteiger partial charge in [-0.15, -0.1) is 0 Å². The zero-order valence-corrected chi connectivity index (χ0v) is 15.1. The molecule has 0 bridgehead atoms. The van der Waals surface area contributed by atoms with Gasteiger partial charge in [0.15, 0.2) is 0 Å². The summed E-state index contributed by atoms with van der Waals surface area (Å²) in [5.41, 5.74) is 2.92. The van der Waals surface area contributed by atoms with Crippen molar-refractivity contribution in [1.29, 1.82) is 0 Å². The summed E-state index contributed by atoms with van der Waals surface area (Å²) in [5, 5.41) is 7.54. The molecule has 0 unspecified atom stereocenters. The number of carbonyl (C=O) groups excluding carboxylic acids is 1. The van der Waals surface area contributed by atoms with Crippen LogP contribution in [0.3, 0.4) is 0 Å². The van der Waals surface area contributed by atoms with Gasteiger partial charge < -0.3 is 9.84 Å². The standard InChI is InChI=1S/C20H18ClN3O2/c1-12-8-9-16(21)11-17(12)22-19(25)15-7-3-6-14(10-15)18-23-20(26-24-18)13-4-2-5-13/h3,6-11,13H,2,4-5H2,1H3,(H,22,25). The number of hydrogen-bond donors (Lipinski definition) is 1. The number of halogens is 1. The number of hydrogen-bond acceptors (Lipinski definition) is 4. The van der Waals surface area contributed by atoms with Crippen LogP contribution < -0.4 is 5.32 Å². The van der Waals surface area contributed by atoms with Crippen LogP contribution in [0.25, 0.3) is 11.4 Å². The van der Waals surface area contributed by atoms with Gasteiger partial charge in [0.05, 0.1) is 0 Å². The molecular weight excluding hydrogens is 350 g/mol. The quantitative estimate of drug-likeness (QED) is 0.686. The number of rotatable bonds is 4. The lowest BCUT2D eigenvalue weighted by Crippen LogP contribution is -2.12. The molecule has 4 rings (SSSR count). The molecule has 3 aromatic rings. The lowest BCUT2D eigenvalue weighted by molar-refractivity contribution is 0.102. The molecule has 0 aliphatic heterocycles. The van der Waals surface area contributed by atoms with Crippen LogP contribution in [0.1, 0.15) is 47.0 Å². The van der Waals surface area contributed by atoms with Gasteiger partial charge in [0.2, 0.25) is 11.7 Å². The van der Waals surface area contributed by atoms with Gasteiger partial charge in [-0.25, -0.2) is 0 Å². The van der Waals surface area contributed by atoms with Gasteiger partial charge in [0.1, 0.15) is 0 Å². The number of aryl methyl sites for hydroxylation is 1. The highest BCUT2D eigenvalue weighted by molar-refractivity contribution is 6.31. The van der Waals surface area contributed by atoms with Gasteiger partial charge in [0.25, 0.3) is 5.91 Å². The monoisotopic (exact) mass is 367 g/mol. The second kappa shape index (κ2) is 6.92. The first-order valence-corrected chi connectivity index (χ1v) is 8.99. The molecule has 1 heterocycles. The average Bonchev–Trinajstić information content (AvgIpc) is 3.06. The van der Waals surface area contributed by atoms with E-state index in [1.165, 1.54) is 6.42 Å². The summed E-state index contributed by atoms with van der Waals surface area (Å²) in [5.74, 6) is 1.38. The van der Waals surface area contributed by atoms with Crippen molar-refractivity contribution < 1.29 is 9.32 Å². The number of carbonyl (C=O) groups is 1. The van der Waals surface area contributed by atoms with E-state index in [-0.39, 0.29) is 5.91 Å². The molecule has 0 saturated heterocycles. The van der Waals surface area contributed by atoms with Crippen molar-refractivity contribution in [1.82, 2.24) is 10.1 Å². The van der Waals surface area contributed by atoms with E-state index in [0.717, 1.165) is 24.0 Å². The largest absolute Gasteiger partial charge is 0.339 e. The Labute approximate surface area is 156 Å². The van der Waals surface area contributed by atoms with Crippen molar-refractivity contribution in [2.45, 2.75) is 32.1 Å². The molecule has 26 heavy (non-hydrogen) atoms. The Morgan fingerprint density at radius 3 is 2.85 bits per heavy atom. The Kier molecular flexibility index (Phi) is 4.47. The summed E-state index contributed by atoms with van der Waals surface area (Å²) >= 11 is 6.02. The molecule has 0 atom stereocenters. The van der Waals surface area contributed by atoms with E-state index in [1.807, 2.05) is 25.1 Å². The highest BCUT2D eigenvalue weighted by Gasteiger charge is 2.25. The highest BCUT2D eigenvalue weighted by atomic mass is 35.5. The van der Waals surface area contributed by atoms with E-state index in [9.17, 15) is 4.79 Å². The van der Waals surface area contributed by atoms with Crippen molar-refractivity contribution in [3.63, 3.8) is 0 Å². The molecule has 2 aromatic carbocycles. The molecular formula is C20H18ClN3O2. The molecule has 1 aliphatic carbocycles. The van der Waals surface area contributed by atoms with E-state index in [2.05, 4.69) is 15.5 Å². The molecule has 1 N–H and O–H groups in total. The van der Waals surface area contributed by atoms with Crippen molar-refractivity contribution in [2.24, 2.45) is 0 Å². The summed E-state index contributed by atoms with van der Waals surface area (Å²) in [6, 6.07) is 12.6. The predicted molar refractivity (Wildman–Crippen MR) is 100 cm³/mol. The van der Waals surface area contributed by atoms with E-state index in [4.69, 9.17) is 16.1 Å². The summed E-state index contributed by atoms with van der Waals surface area (Å²) in [6.45, 7) is 1.92. The first-order valence-electron chi connectivity index (χ1n) is 8.62. The Hall–Kier alpha value is -2.66. The van der Waals surface area contributed by atoms with Crippen LogP contribution in [-0.2, 0) is 0 Å². The highest BCUT2D eigenvalue weighted by Crippen LogP contribution is 2.36. The van der Waals surface area contributed by atoms with E-state index < -0.39 is 0 Å². The second-order valence-electron chi connectivity index (χ2n) is 6.58. The fourth-order valence-electron chi connectivity index (χ4n) is 2.90. The molecule has 0 radical (unpaired) electrons. The van der Waals surface area contributed by atoms with E-state index >= 15 is 0 Å². The van der Waals surface area contributed by atoms with Gasteiger partial charge in [-0.1, -0.05) is 41.4 Å². The zero-order chi connectivity index (χ0) is 18.1. The number of nitrogens with one attached hydrogen (secondary N) is 1. The van der Waals surface area contributed by atoms with Gasteiger partial charge in [-0.3, -0.25) is 4.79 Å². The first kappa shape index (κ1) is 16.8. The molecule has 1 aliphatic rings. The van der Waals surface area contributed by atoms with Crippen LogP contribution in [0, 0.1) is 6.92 Å². The number of nitrogens with zero attached hydrogens (tertiary/aromatic N) is 2. The molecule has 1 aromatic heterocycles. The number of anilines is 1. The maximum absolute atomic E-state index is 12.6. The molecule has 132 valence electrons. The third-order valence-electron chi connectivity index (χ3n) is 4.73. The van der Waals surface area contributed by atoms with Gasteiger partial charge >= 0.3 is 0 Å². The number of amides is 1. The van der Waals surface area contributed by atoms with Gasteiger partial charge in [0, 0.05) is 27.8 Å². The van der Waals surface area contributed by atoms with E-state index in [0.29, 0.717) is 33.9 Å². The van der Waals surface area contributed by atoms with Crippen LogP contribution in [-0.4, -0.2) is 16.0 Å². The topological polar surface area (TPSA) is 68.0 Å². The van der Waals surface area contributed by atoms with Crippen molar-refractivity contribution >= 4 is 23.2 Å². The Morgan fingerprint density at radius 2 is 2.08 bits per heavy atom. The molecule has 1 fully saturated rings. The van der Waals surface area contributed by atoms with Crippen LogP contribution in [0.2, 0.25) is 5.02 Å². The van der Waals surface area contributed by atoms with Crippen molar-refractivity contribution in [3.05, 3.63) is 64.5 Å². The average molecular weight is 368 g/mol. The second-order valence-corrected chi connectivity index (χ2v) is 7.01. The smallest absolute Gasteiger partial charge is 0.255 e. The Bertz CT molecular complexity index is 963. The normalized spacial score (nSPS) is 14.1. The molecule has 6 heteroatoms. The third-order valence-corrected chi connectivity index (χ3v) is 4.96. The summed E-state index contributed by atoms with van der Waals surface area (Å²) < 4.78 is 5.37. The minimum atomic E-state index is -0.208. The van der Waals surface area contributed by atoms with Crippen LogP contribution >= 0.6 is 11.6 Å². The van der Waals surface area contributed by atoms with Crippen molar-refractivity contribution in [2.75, 3.05) is 5.32 Å². The SMILES string of the molecule is Cc1ccc(Cl)cc1NC(=O)c1cccc(-c2noc(C3CCC3)n2)c1. The minimum absolute atomic E-state index is 0.208. The third kappa shape index (κ3) is 3.35. The Morgan fingerprint density at radius 1 is 1.23 bits per heavy atom. The maximum atomic E-state index is 12.6. The number of aromatic nitrogens is 2. The minimum Gasteiger partial charge on any atom is -0.339 e. The lowest BCUT2D eigenvalue weighted by Gasteiger charge is -2.20. The molecule has 1 saturated carbocycles. The van der Waals surface area contributed by atoms with Gasteiger partial charge in [-0.2, -0.15) is 4.98 Å². The fraction of sp³-hybridized carbons (Fsp3) is 0.250. The van der Waals surface area contributed by atoms with Crippen LogP contribution in [0.5, 0.6) is 0 Å². The van der Waals surface area contributed by atoms with Crippen molar-refractivity contribution in [3.8, 4) is 11.4 Å². The number of benzene rings is 2. The van der Waals surface area contributed by atoms with Crippen LogP contribution in [0.15, 0.2) is 47.0 Å². The predicted octanol–water partition coefficient (Wildman–Crippen LogP) is 5.22. The summed E-state index contributed by atoms with van der Waals surface area (Å²) in [7, 11) is 0. The molecule has 5 nitrogen and oxygen atoms in total. The zero-order valence-electron chi connectivity index (χ0n) is 14.3. The summed E-state index contributed by atoms with van der Waals surface area (Å²) in [6.07, 6.45) is 3.41. The lowest BCUT2D eigenvalue weighted by atomic mass is 9.85. The van der Waals surface area contributed by atoms with Crippen LogP contribution in [0.4, 0.5) is 5.69 Å². The molecule has 0 spiro atoms. The van der Waals surface area contributed by atoms with E-state index in [1.54, 1.807) is 24.3 Å². The first-order chi connectivity index (χ1) is 12.6. The van der Waals surface area contributed by atoms with Gasteiger partial charge in [-0.05, 0) is 49.6 Å². The Balaban J connectivity index is 1.56. The summed E-state index contributed by atoms with van der Waals surface area (Å²) in [4.78, 5) is 17.1. The molecule has 1 amide bonds. The fourth-order valence-corrected chi connectivity index (χ4v) is 3.07.